The molecule has 0 fully saturated rings. The van der Waals surface area contributed by atoms with E-state index >= 15 is 0 Å². The number of halogens is 2. The molecule has 0 aliphatic carbocycles. The van der Waals surface area contributed by atoms with Gasteiger partial charge in [0.05, 0.1) is 24.6 Å². The number of carbonyl (C=O) groups is 2. The molecule has 1 amide bonds. The normalized spacial score (nSPS) is 11.1. The van der Waals surface area contributed by atoms with Crippen molar-refractivity contribution in [1.82, 2.24) is 9.55 Å². The van der Waals surface area contributed by atoms with Crippen molar-refractivity contribution in [2.75, 3.05) is 12.4 Å². The predicted molar refractivity (Wildman–Crippen MR) is 122 cm³/mol. The van der Waals surface area contributed by atoms with Gasteiger partial charge in [-0.1, -0.05) is 12.1 Å². The fraction of sp³-hybridized carbons (Fsp3) is 0.160. The number of para-hydroxylation sites is 2. The summed E-state index contributed by atoms with van der Waals surface area (Å²) < 4.78 is 33.6. The van der Waals surface area contributed by atoms with Crippen LogP contribution in [0, 0.1) is 0 Å². The van der Waals surface area contributed by atoms with Gasteiger partial charge in [0.2, 0.25) is 5.91 Å². The number of nitrogens with zero attached hydrogens (tertiary/aromatic N) is 2. The summed E-state index contributed by atoms with van der Waals surface area (Å²) in [5.74, 6) is 0.248. The lowest BCUT2D eigenvalue weighted by molar-refractivity contribution is -0.115. The molecule has 0 spiro atoms. The van der Waals surface area contributed by atoms with Crippen LogP contribution >= 0.6 is 0 Å². The minimum Gasteiger partial charge on any atom is -0.496 e. The third-order valence-electron chi connectivity index (χ3n) is 5.26. The molecular formula is C25H21F2N3O3. The highest BCUT2D eigenvalue weighted by Gasteiger charge is 2.19. The maximum absolute atomic E-state index is 13.7. The summed E-state index contributed by atoms with van der Waals surface area (Å²) in [6.07, 6.45) is 0.00717. The van der Waals surface area contributed by atoms with Crippen molar-refractivity contribution in [2.24, 2.45) is 0 Å². The van der Waals surface area contributed by atoms with Gasteiger partial charge in [-0.2, -0.15) is 8.78 Å². The minimum absolute atomic E-state index is 0.00717. The van der Waals surface area contributed by atoms with E-state index in [4.69, 9.17) is 4.74 Å². The number of anilines is 1. The number of carbonyl (C=O) groups excluding carboxylic acids is 2. The number of amides is 1. The van der Waals surface area contributed by atoms with Crippen LogP contribution in [0.1, 0.15) is 29.4 Å². The zero-order chi connectivity index (χ0) is 23.5. The second-order valence-corrected chi connectivity index (χ2v) is 7.46. The van der Waals surface area contributed by atoms with E-state index in [0.717, 1.165) is 4.57 Å². The summed E-state index contributed by atoms with van der Waals surface area (Å²) in [7, 11) is 1.50. The Bertz CT molecular complexity index is 1330. The third kappa shape index (κ3) is 4.59. The molecule has 0 atom stereocenters. The van der Waals surface area contributed by atoms with Crippen molar-refractivity contribution in [3.63, 3.8) is 0 Å². The number of aromatic nitrogens is 2. The Balaban J connectivity index is 1.54. The molecule has 4 rings (SSSR count). The highest BCUT2D eigenvalue weighted by molar-refractivity contribution is 5.96. The van der Waals surface area contributed by atoms with E-state index < -0.39 is 6.55 Å². The van der Waals surface area contributed by atoms with Crippen molar-refractivity contribution in [1.29, 1.82) is 0 Å². The number of alkyl halides is 2. The van der Waals surface area contributed by atoms with E-state index in [1.54, 1.807) is 66.7 Å². The number of methoxy groups -OCH3 is 1. The van der Waals surface area contributed by atoms with Crippen LogP contribution in [-0.4, -0.2) is 28.4 Å². The summed E-state index contributed by atoms with van der Waals surface area (Å²) in [6.45, 7) is -1.29. The zero-order valence-corrected chi connectivity index (χ0v) is 18.0. The highest BCUT2D eigenvalue weighted by atomic mass is 19.3. The van der Waals surface area contributed by atoms with Crippen LogP contribution in [0.15, 0.2) is 66.7 Å². The molecular weight excluding hydrogens is 428 g/mol. The number of Topliss-reactive ketones (excluding diaryl/α,β-unsaturated/α-hetero) is 1. The van der Waals surface area contributed by atoms with Gasteiger partial charge >= 0.3 is 6.55 Å². The van der Waals surface area contributed by atoms with E-state index in [-0.39, 0.29) is 23.9 Å². The lowest BCUT2D eigenvalue weighted by Crippen LogP contribution is -2.15. The molecule has 1 heterocycles. The summed E-state index contributed by atoms with van der Waals surface area (Å²) >= 11 is 0. The van der Waals surface area contributed by atoms with Crippen molar-refractivity contribution in [3.05, 3.63) is 77.9 Å². The van der Waals surface area contributed by atoms with Gasteiger partial charge in [0.25, 0.3) is 0 Å². The second kappa shape index (κ2) is 9.20. The number of ether oxygens (including phenoxy) is 1. The number of imidazole rings is 1. The number of fused-ring (bicyclic) bond motifs is 1. The molecule has 0 saturated carbocycles. The van der Waals surface area contributed by atoms with Gasteiger partial charge in [0, 0.05) is 22.4 Å². The van der Waals surface area contributed by atoms with E-state index in [2.05, 4.69) is 10.3 Å². The first kappa shape index (κ1) is 22.1. The van der Waals surface area contributed by atoms with Crippen molar-refractivity contribution in [3.8, 4) is 17.1 Å². The molecule has 0 radical (unpaired) electrons. The van der Waals surface area contributed by atoms with Crippen LogP contribution in [0.5, 0.6) is 5.75 Å². The number of benzene rings is 3. The lowest BCUT2D eigenvalue weighted by Gasteiger charge is -2.11. The molecule has 6 nitrogen and oxygen atoms in total. The van der Waals surface area contributed by atoms with Crippen molar-refractivity contribution in [2.45, 2.75) is 19.9 Å². The first-order valence-corrected chi connectivity index (χ1v) is 10.2. The largest absolute Gasteiger partial charge is 0.496 e. The maximum Gasteiger partial charge on any atom is 0.320 e. The van der Waals surface area contributed by atoms with Crippen LogP contribution in [0.25, 0.3) is 22.4 Å². The fourth-order valence-electron chi connectivity index (χ4n) is 3.66. The predicted octanol–water partition coefficient (Wildman–Crippen LogP) is 5.49. The summed E-state index contributed by atoms with van der Waals surface area (Å²) in [5.41, 5.74) is 2.91. The Kier molecular flexibility index (Phi) is 6.17. The Morgan fingerprint density at radius 3 is 2.45 bits per heavy atom. The van der Waals surface area contributed by atoms with Gasteiger partial charge in [-0.3, -0.25) is 14.2 Å². The number of rotatable bonds is 7. The summed E-state index contributed by atoms with van der Waals surface area (Å²) in [6, 6.07) is 18.2. The van der Waals surface area contributed by atoms with Gasteiger partial charge in [0.1, 0.15) is 11.6 Å². The van der Waals surface area contributed by atoms with Crippen molar-refractivity contribution >= 4 is 28.4 Å². The molecule has 0 unspecified atom stereocenters. The van der Waals surface area contributed by atoms with Gasteiger partial charge < -0.3 is 10.1 Å². The average molecular weight is 449 g/mol. The smallest absolute Gasteiger partial charge is 0.320 e. The highest BCUT2D eigenvalue weighted by Crippen LogP contribution is 2.30. The monoisotopic (exact) mass is 449 g/mol. The van der Waals surface area contributed by atoms with Crippen LogP contribution in [0.3, 0.4) is 0 Å². The fourth-order valence-corrected chi connectivity index (χ4v) is 3.66. The van der Waals surface area contributed by atoms with E-state index in [0.29, 0.717) is 39.2 Å². The van der Waals surface area contributed by atoms with Gasteiger partial charge in [-0.05, 0) is 61.5 Å². The molecule has 3 aromatic carbocycles. The molecule has 1 aromatic heterocycles. The molecule has 0 aliphatic heterocycles. The van der Waals surface area contributed by atoms with Gasteiger partial charge in [-0.25, -0.2) is 4.98 Å². The van der Waals surface area contributed by atoms with Crippen LogP contribution in [-0.2, 0) is 11.2 Å². The lowest BCUT2D eigenvalue weighted by atomic mass is 10.0. The molecule has 0 saturated heterocycles. The first-order valence-electron chi connectivity index (χ1n) is 10.2. The Hall–Kier alpha value is -4.07. The molecule has 168 valence electrons. The third-order valence-corrected chi connectivity index (χ3v) is 5.26. The second-order valence-electron chi connectivity index (χ2n) is 7.46. The standard InChI is InChI=1S/C25H21F2N3O3/c1-15(31)17-9-12-22(33-2)18(13-17)14-23(32)28-19-10-7-16(8-11-19)24-29-20-5-3-4-6-21(20)30(24)25(26)27/h3-13,25H,14H2,1-2H3,(H,28,32). The number of nitrogens with one attached hydrogen (secondary N) is 1. The van der Waals surface area contributed by atoms with E-state index in [1.165, 1.54) is 14.0 Å². The average Bonchev–Trinajstić information content (AvgIpc) is 3.19. The SMILES string of the molecule is COc1ccc(C(C)=O)cc1CC(=O)Nc1ccc(-c2nc3ccccc3n2C(F)F)cc1. The molecule has 0 bridgehead atoms. The maximum atomic E-state index is 13.7. The van der Waals surface area contributed by atoms with E-state index in [1.807, 2.05) is 0 Å². The van der Waals surface area contributed by atoms with E-state index in [9.17, 15) is 18.4 Å². The zero-order valence-electron chi connectivity index (χ0n) is 18.0. The Morgan fingerprint density at radius 2 is 1.79 bits per heavy atom. The molecule has 8 heteroatoms. The number of hydrogen-bond acceptors (Lipinski definition) is 4. The Morgan fingerprint density at radius 1 is 1.06 bits per heavy atom. The molecule has 1 N–H and O–H groups in total. The molecule has 33 heavy (non-hydrogen) atoms. The van der Waals surface area contributed by atoms with Crippen molar-refractivity contribution < 1.29 is 23.1 Å². The molecule has 4 aromatic rings. The number of ketones is 1. The first-order chi connectivity index (χ1) is 15.9. The van der Waals surface area contributed by atoms with Gasteiger partial charge in [-0.15, -0.1) is 0 Å². The van der Waals surface area contributed by atoms with Gasteiger partial charge in [0.15, 0.2) is 5.78 Å². The number of hydrogen-bond donors (Lipinski definition) is 1. The summed E-state index contributed by atoms with van der Waals surface area (Å²) in [5, 5.41) is 2.78. The summed E-state index contributed by atoms with van der Waals surface area (Å²) in [4.78, 5) is 28.6. The molecule has 0 aliphatic rings. The van der Waals surface area contributed by atoms with Crippen LogP contribution in [0.2, 0.25) is 0 Å². The van der Waals surface area contributed by atoms with Crippen LogP contribution < -0.4 is 10.1 Å². The van der Waals surface area contributed by atoms with Crippen LogP contribution in [0.4, 0.5) is 14.5 Å². The quantitative estimate of drug-likeness (QED) is 0.379. The minimum atomic E-state index is -2.74. The Labute approximate surface area is 188 Å². The topological polar surface area (TPSA) is 73.2 Å².